The number of rotatable bonds is 2. The van der Waals surface area contributed by atoms with Gasteiger partial charge in [-0.3, -0.25) is 4.90 Å². The second-order valence-corrected chi connectivity index (χ2v) is 6.70. The minimum Gasteiger partial charge on any atom is -0.444 e. The molecule has 0 aromatic carbocycles. The Balaban J connectivity index is 2.71. The van der Waals surface area contributed by atoms with Gasteiger partial charge in [0.2, 0.25) is 0 Å². The maximum atomic E-state index is 13.1. The summed E-state index contributed by atoms with van der Waals surface area (Å²) >= 11 is 0. The molecule has 8 heteroatoms. The number of nitrogens with two attached hydrogens (primary N) is 1. The van der Waals surface area contributed by atoms with Gasteiger partial charge >= 0.3 is 12.3 Å². The molecule has 0 bridgehead atoms. The standard InChI is InChI=1S/C14H26F3N3O2/c1-10(18)11(14(15,16)17)19-6-5-7-20(9-8-19)12(21)22-13(2,3)4/h10-11H,5-9,18H2,1-4H3. The summed E-state index contributed by atoms with van der Waals surface area (Å²) in [7, 11) is 0. The van der Waals surface area contributed by atoms with Gasteiger partial charge in [0.05, 0.1) is 0 Å². The highest BCUT2D eigenvalue weighted by Gasteiger charge is 2.46. The van der Waals surface area contributed by atoms with E-state index in [-0.39, 0.29) is 19.6 Å². The van der Waals surface area contributed by atoms with Gasteiger partial charge in [-0.25, -0.2) is 4.79 Å². The van der Waals surface area contributed by atoms with Gasteiger partial charge in [-0.1, -0.05) is 0 Å². The molecule has 5 nitrogen and oxygen atoms in total. The first kappa shape index (κ1) is 19.0. The number of carbonyl (C=O) groups is 1. The third-order valence-corrected chi connectivity index (χ3v) is 3.41. The van der Waals surface area contributed by atoms with Crippen LogP contribution in [0.4, 0.5) is 18.0 Å². The van der Waals surface area contributed by atoms with Crippen LogP contribution in [0, 0.1) is 0 Å². The van der Waals surface area contributed by atoms with E-state index in [1.54, 1.807) is 20.8 Å². The van der Waals surface area contributed by atoms with Gasteiger partial charge in [0.15, 0.2) is 0 Å². The molecule has 22 heavy (non-hydrogen) atoms. The molecule has 0 saturated carbocycles. The highest BCUT2D eigenvalue weighted by Crippen LogP contribution is 2.27. The van der Waals surface area contributed by atoms with Crippen molar-refractivity contribution < 1.29 is 22.7 Å². The van der Waals surface area contributed by atoms with Crippen LogP contribution in [-0.4, -0.2) is 65.9 Å². The fraction of sp³-hybridized carbons (Fsp3) is 0.929. The normalized spacial score (nSPS) is 21.2. The molecule has 1 saturated heterocycles. The van der Waals surface area contributed by atoms with Crippen LogP contribution in [0.3, 0.4) is 0 Å². The third-order valence-electron chi connectivity index (χ3n) is 3.41. The molecule has 0 aliphatic carbocycles. The summed E-state index contributed by atoms with van der Waals surface area (Å²) in [6.45, 7) is 7.59. The van der Waals surface area contributed by atoms with Crippen molar-refractivity contribution in [1.29, 1.82) is 0 Å². The highest BCUT2D eigenvalue weighted by molar-refractivity contribution is 5.68. The van der Waals surface area contributed by atoms with Crippen molar-refractivity contribution in [3.05, 3.63) is 0 Å². The highest BCUT2D eigenvalue weighted by atomic mass is 19.4. The van der Waals surface area contributed by atoms with E-state index < -0.39 is 30.0 Å². The summed E-state index contributed by atoms with van der Waals surface area (Å²) < 4.78 is 44.7. The van der Waals surface area contributed by atoms with Crippen molar-refractivity contribution >= 4 is 6.09 Å². The minimum absolute atomic E-state index is 0.130. The Morgan fingerprint density at radius 2 is 1.73 bits per heavy atom. The van der Waals surface area contributed by atoms with E-state index >= 15 is 0 Å². The van der Waals surface area contributed by atoms with Crippen LogP contribution in [0.25, 0.3) is 0 Å². The number of hydrogen-bond acceptors (Lipinski definition) is 4. The summed E-state index contributed by atoms with van der Waals surface area (Å²) in [4.78, 5) is 14.8. The second kappa shape index (κ2) is 7.04. The fourth-order valence-electron chi connectivity index (χ4n) is 2.56. The van der Waals surface area contributed by atoms with E-state index in [0.29, 0.717) is 13.0 Å². The van der Waals surface area contributed by atoms with Crippen LogP contribution >= 0.6 is 0 Å². The molecule has 0 radical (unpaired) electrons. The lowest BCUT2D eigenvalue weighted by atomic mass is 10.1. The number of nitrogens with zero attached hydrogens (tertiary/aromatic N) is 2. The zero-order chi connectivity index (χ0) is 17.1. The first-order valence-electron chi connectivity index (χ1n) is 7.46. The van der Waals surface area contributed by atoms with Crippen LogP contribution in [-0.2, 0) is 4.74 Å². The number of hydrogen-bond donors (Lipinski definition) is 1. The van der Waals surface area contributed by atoms with Crippen LogP contribution in [0.5, 0.6) is 0 Å². The molecule has 2 atom stereocenters. The Morgan fingerprint density at radius 1 is 1.14 bits per heavy atom. The molecule has 1 fully saturated rings. The van der Waals surface area contributed by atoms with E-state index in [9.17, 15) is 18.0 Å². The number of amides is 1. The van der Waals surface area contributed by atoms with Gasteiger partial charge in [0.25, 0.3) is 0 Å². The summed E-state index contributed by atoms with van der Waals surface area (Å²) in [5.74, 6) is 0. The SMILES string of the molecule is CC(N)C(N1CCCN(C(=O)OC(C)(C)C)CC1)C(F)(F)F. The molecular formula is C14H26F3N3O2. The monoisotopic (exact) mass is 325 g/mol. The van der Waals surface area contributed by atoms with E-state index in [2.05, 4.69) is 0 Å². The Hall–Kier alpha value is -1.02. The lowest BCUT2D eigenvalue weighted by Crippen LogP contribution is -2.56. The quantitative estimate of drug-likeness (QED) is 0.846. The number of halogens is 3. The van der Waals surface area contributed by atoms with Crippen molar-refractivity contribution in [2.75, 3.05) is 26.2 Å². The first-order valence-corrected chi connectivity index (χ1v) is 7.46. The van der Waals surface area contributed by atoms with Crippen LogP contribution < -0.4 is 5.73 Å². The summed E-state index contributed by atoms with van der Waals surface area (Å²) in [6.07, 6.45) is -4.41. The van der Waals surface area contributed by atoms with Crippen molar-refractivity contribution in [1.82, 2.24) is 9.80 Å². The second-order valence-electron chi connectivity index (χ2n) is 6.70. The molecule has 2 unspecified atom stereocenters. The van der Waals surface area contributed by atoms with E-state index in [4.69, 9.17) is 10.5 Å². The summed E-state index contributed by atoms with van der Waals surface area (Å²) in [5, 5.41) is 0. The topological polar surface area (TPSA) is 58.8 Å². The van der Waals surface area contributed by atoms with Crippen molar-refractivity contribution in [3.63, 3.8) is 0 Å². The first-order chi connectivity index (χ1) is 9.92. The van der Waals surface area contributed by atoms with Gasteiger partial charge in [-0.05, 0) is 34.1 Å². The van der Waals surface area contributed by atoms with E-state index in [1.165, 1.54) is 16.7 Å². The number of carbonyl (C=O) groups excluding carboxylic acids is 1. The predicted octanol–water partition coefficient (Wildman–Crippen LogP) is 2.21. The molecule has 0 spiro atoms. The molecule has 1 aliphatic rings. The minimum atomic E-state index is -4.38. The van der Waals surface area contributed by atoms with Gasteiger partial charge in [-0.15, -0.1) is 0 Å². The Labute approximate surface area is 129 Å². The molecule has 1 aliphatic heterocycles. The zero-order valence-electron chi connectivity index (χ0n) is 13.6. The molecule has 1 rings (SSSR count). The Kier molecular flexibility index (Phi) is 6.09. The summed E-state index contributed by atoms with van der Waals surface area (Å²) in [6, 6.07) is -2.71. The Morgan fingerprint density at radius 3 is 2.18 bits per heavy atom. The van der Waals surface area contributed by atoms with Crippen molar-refractivity contribution in [2.45, 2.75) is 58.0 Å². The van der Waals surface area contributed by atoms with Crippen LogP contribution in [0.2, 0.25) is 0 Å². The lowest BCUT2D eigenvalue weighted by molar-refractivity contribution is -0.187. The largest absolute Gasteiger partial charge is 0.444 e. The number of ether oxygens (including phenoxy) is 1. The van der Waals surface area contributed by atoms with Gasteiger partial charge in [0, 0.05) is 32.2 Å². The molecule has 0 aromatic rings. The summed E-state index contributed by atoms with van der Waals surface area (Å²) in [5.41, 5.74) is 4.89. The Bertz CT molecular complexity index is 381. The molecule has 130 valence electrons. The fourth-order valence-corrected chi connectivity index (χ4v) is 2.56. The van der Waals surface area contributed by atoms with Crippen molar-refractivity contribution in [2.24, 2.45) is 5.73 Å². The van der Waals surface area contributed by atoms with Gasteiger partial charge in [0.1, 0.15) is 11.6 Å². The molecule has 0 aromatic heterocycles. The lowest BCUT2D eigenvalue weighted by Gasteiger charge is -2.34. The third kappa shape index (κ3) is 5.64. The average Bonchev–Trinajstić information content (AvgIpc) is 2.50. The molecule has 1 amide bonds. The van der Waals surface area contributed by atoms with Crippen LogP contribution in [0.1, 0.15) is 34.1 Å². The maximum Gasteiger partial charge on any atom is 0.410 e. The maximum absolute atomic E-state index is 13.1. The van der Waals surface area contributed by atoms with Gasteiger partial charge in [-0.2, -0.15) is 13.2 Å². The van der Waals surface area contributed by atoms with Gasteiger partial charge < -0.3 is 15.4 Å². The molecule has 1 heterocycles. The number of alkyl halides is 3. The van der Waals surface area contributed by atoms with Crippen molar-refractivity contribution in [3.8, 4) is 0 Å². The van der Waals surface area contributed by atoms with E-state index in [1.807, 2.05) is 0 Å². The molecular weight excluding hydrogens is 299 g/mol. The average molecular weight is 325 g/mol. The predicted molar refractivity (Wildman–Crippen MR) is 77.5 cm³/mol. The molecule has 2 N–H and O–H groups in total. The van der Waals surface area contributed by atoms with Crippen LogP contribution in [0.15, 0.2) is 0 Å². The smallest absolute Gasteiger partial charge is 0.410 e. The zero-order valence-corrected chi connectivity index (χ0v) is 13.6. The van der Waals surface area contributed by atoms with E-state index in [0.717, 1.165) is 0 Å².